The first-order valence-corrected chi connectivity index (χ1v) is 9.22. The van der Waals surface area contributed by atoms with Crippen molar-refractivity contribution in [3.8, 4) is 0 Å². The molecule has 0 bridgehead atoms. The molecule has 0 unspecified atom stereocenters. The van der Waals surface area contributed by atoms with E-state index in [4.69, 9.17) is 0 Å². The van der Waals surface area contributed by atoms with Crippen LogP contribution in [0.15, 0.2) is 4.90 Å². The molecule has 0 radical (unpaired) electrons. The SMILES string of the molecule is Cc1nn(C)c(C)c1S(=O)(=O)N1CCCN(C(=O)CC(F)(F)F)CC1. The first-order chi connectivity index (χ1) is 11.4. The second kappa shape index (κ2) is 6.94. The summed E-state index contributed by atoms with van der Waals surface area (Å²) in [5.41, 5.74) is 0.862. The van der Waals surface area contributed by atoms with Crippen molar-refractivity contribution in [3.63, 3.8) is 0 Å². The zero-order chi connectivity index (χ0) is 19.0. The average molecular weight is 382 g/mol. The third-order valence-corrected chi connectivity index (χ3v) is 6.35. The van der Waals surface area contributed by atoms with Gasteiger partial charge in [0.1, 0.15) is 11.3 Å². The Morgan fingerprint density at radius 2 is 1.80 bits per heavy atom. The molecule has 1 aromatic heterocycles. The van der Waals surface area contributed by atoms with E-state index in [-0.39, 0.29) is 37.5 Å². The highest BCUT2D eigenvalue weighted by atomic mass is 32.2. The van der Waals surface area contributed by atoms with Crippen LogP contribution < -0.4 is 0 Å². The minimum Gasteiger partial charge on any atom is -0.341 e. The lowest BCUT2D eigenvalue weighted by atomic mass is 10.3. The van der Waals surface area contributed by atoms with Crippen LogP contribution in [0, 0.1) is 13.8 Å². The lowest BCUT2D eigenvalue weighted by molar-refractivity contribution is -0.161. The van der Waals surface area contributed by atoms with Gasteiger partial charge in [0.2, 0.25) is 15.9 Å². The molecular weight excluding hydrogens is 361 g/mol. The van der Waals surface area contributed by atoms with E-state index >= 15 is 0 Å². The molecule has 0 saturated carbocycles. The van der Waals surface area contributed by atoms with Crippen molar-refractivity contribution in [1.29, 1.82) is 0 Å². The van der Waals surface area contributed by atoms with Crippen molar-refractivity contribution in [3.05, 3.63) is 11.4 Å². The van der Waals surface area contributed by atoms with Gasteiger partial charge in [0, 0.05) is 33.2 Å². The van der Waals surface area contributed by atoms with E-state index in [1.54, 1.807) is 20.9 Å². The van der Waals surface area contributed by atoms with E-state index in [1.807, 2.05) is 0 Å². The molecule has 0 atom stereocenters. The number of nitrogens with zero attached hydrogens (tertiary/aromatic N) is 4. The van der Waals surface area contributed by atoms with E-state index in [0.717, 1.165) is 4.90 Å². The van der Waals surface area contributed by atoms with Gasteiger partial charge in [-0.05, 0) is 20.3 Å². The Morgan fingerprint density at radius 3 is 2.32 bits per heavy atom. The van der Waals surface area contributed by atoms with Crippen molar-refractivity contribution in [2.75, 3.05) is 26.2 Å². The third-order valence-electron chi connectivity index (χ3n) is 4.20. The number of alkyl halides is 3. The highest BCUT2D eigenvalue weighted by Crippen LogP contribution is 2.25. The predicted octanol–water partition coefficient (Wildman–Crippen LogP) is 1.21. The Labute approximate surface area is 144 Å². The number of carbonyl (C=O) groups is 1. The molecule has 7 nitrogen and oxygen atoms in total. The highest BCUT2D eigenvalue weighted by Gasteiger charge is 2.36. The summed E-state index contributed by atoms with van der Waals surface area (Å²) in [6.45, 7) is 3.38. The van der Waals surface area contributed by atoms with E-state index in [9.17, 15) is 26.4 Å². The summed E-state index contributed by atoms with van der Waals surface area (Å²) in [5.74, 6) is -1.03. The summed E-state index contributed by atoms with van der Waals surface area (Å²) < 4.78 is 65.6. The van der Waals surface area contributed by atoms with E-state index in [1.165, 1.54) is 8.99 Å². The maximum Gasteiger partial charge on any atom is 0.397 e. The van der Waals surface area contributed by atoms with E-state index in [0.29, 0.717) is 11.4 Å². The average Bonchev–Trinajstić information content (AvgIpc) is 2.66. The van der Waals surface area contributed by atoms with Crippen LogP contribution >= 0.6 is 0 Å². The molecule has 2 heterocycles. The quantitative estimate of drug-likeness (QED) is 0.788. The zero-order valence-electron chi connectivity index (χ0n) is 14.3. The normalized spacial score (nSPS) is 17.6. The third kappa shape index (κ3) is 4.32. The fraction of sp³-hybridized carbons (Fsp3) is 0.714. The smallest absolute Gasteiger partial charge is 0.341 e. The first-order valence-electron chi connectivity index (χ1n) is 7.78. The van der Waals surface area contributed by atoms with Crippen LogP contribution in [0.3, 0.4) is 0 Å². The number of rotatable bonds is 3. The molecule has 0 aliphatic carbocycles. The first kappa shape index (κ1) is 19.7. The van der Waals surface area contributed by atoms with Crippen LogP contribution in [-0.2, 0) is 21.9 Å². The van der Waals surface area contributed by atoms with E-state index < -0.39 is 28.5 Å². The van der Waals surface area contributed by atoms with E-state index in [2.05, 4.69) is 5.10 Å². The summed E-state index contributed by atoms with van der Waals surface area (Å²) in [4.78, 5) is 12.9. The molecule has 1 aromatic rings. The number of amides is 1. The van der Waals surface area contributed by atoms with Gasteiger partial charge in [0.25, 0.3) is 0 Å². The zero-order valence-corrected chi connectivity index (χ0v) is 15.1. The summed E-state index contributed by atoms with van der Waals surface area (Å²) in [6.07, 6.45) is -5.82. The summed E-state index contributed by atoms with van der Waals surface area (Å²) in [7, 11) is -2.18. The highest BCUT2D eigenvalue weighted by molar-refractivity contribution is 7.89. The molecule has 1 fully saturated rings. The van der Waals surface area contributed by atoms with Crippen molar-refractivity contribution in [1.82, 2.24) is 19.0 Å². The van der Waals surface area contributed by atoms with Crippen LogP contribution in [0.1, 0.15) is 24.2 Å². The number of aryl methyl sites for hydroxylation is 2. The summed E-state index contributed by atoms with van der Waals surface area (Å²) >= 11 is 0. The van der Waals surface area contributed by atoms with Gasteiger partial charge >= 0.3 is 6.18 Å². The Kier molecular flexibility index (Phi) is 5.47. The maximum absolute atomic E-state index is 12.9. The Bertz CT molecular complexity index is 758. The standard InChI is InChI=1S/C14H21F3N4O3S/c1-10-13(11(2)19(3)18-10)25(23,24)21-6-4-5-20(7-8-21)12(22)9-14(15,16)17/h4-9H2,1-3H3. The second-order valence-corrected chi connectivity index (χ2v) is 7.93. The van der Waals surface area contributed by atoms with Gasteiger partial charge in [-0.25, -0.2) is 8.42 Å². The fourth-order valence-electron chi connectivity index (χ4n) is 2.92. The lowest BCUT2D eigenvalue weighted by Crippen LogP contribution is -2.38. The van der Waals surface area contributed by atoms with Crippen LogP contribution in [0.25, 0.3) is 0 Å². The van der Waals surface area contributed by atoms with Crippen LogP contribution in [0.5, 0.6) is 0 Å². The maximum atomic E-state index is 12.9. The van der Waals surface area contributed by atoms with Gasteiger partial charge in [0.05, 0.1) is 11.4 Å². The molecule has 142 valence electrons. The van der Waals surface area contributed by atoms with Gasteiger partial charge in [0.15, 0.2) is 0 Å². The van der Waals surface area contributed by atoms with Crippen LogP contribution in [-0.4, -0.2) is 65.7 Å². The molecule has 2 rings (SSSR count). The van der Waals surface area contributed by atoms with Crippen LogP contribution in [0.4, 0.5) is 13.2 Å². The number of carbonyl (C=O) groups excluding carboxylic acids is 1. The molecule has 1 saturated heterocycles. The Morgan fingerprint density at radius 1 is 1.16 bits per heavy atom. The van der Waals surface area contributed by atoms with Gasteiger partial charge in [-0.15, -0.1) is 0 Å². The number of halogens is 3. The monoisotopic (exact) mass is 382 g/mol. The molecular formula is C14H21F3N4O3S. The van der Waals surface area contributed by atoms with Gasteiger partial charge < -0.3 is 4.90 Å². The molecule has 0 aromatic carbocycles. The number of aromatic nitrogens is 2. The molecule has 0 spiro atoms. The van der Waals surface area contributed by atoms with Crippen molar-refractivity contribution < 1.29 is 26.4 Å². The Balaban J connectivity index is 2.16. The molecule has 25 heavy (non-hydrogen) atoms. The fourth-order valence-corrected chi connectivity index (χ4v) is 4.79. The van der Waals surface area contributed by atoms with Gasteiger partial charge in [-0.1, -0.05) is 0 Å². The van der Waals surface area contributed by atoms with Crippen LogP contribution in [0.2, 0.25) is 0 Å². The Hall–Kier alpha value is -1.62. The molecule has 0 N–H and O–H groups in total. The number of hydrogen-bond donors (Lipinski definition) is 0. The largest absolute Gasteiger partial charge is 0.397 e. The second-order valence-electron chi connectivity index (χ2n) is 6.05. The topological polar surface area (TPSA) is 75.5 Å². The summed E-state index contributed by atoms with van der Waals surface area (Å²) in [6, 6.07) is 0. The lowest BCUT2D eigenvalue weighted by Gasteiger charge is -2.22. The van der Waals surface area contributed by atoms with Crippen molar-refractivity contribution >= 4 is 15.9 Å². The van der Waals surface area contributed by atoms with Crippen molar-refractivity contribution in [2.45, 2.75) is 37.8 Å². The molecule has 1 amide bonds. The molecule has 1 aliphatic rings. The minimum atomic E-state index is -4.57. The van der Waals surface area contributed by atoms with Gasteiger partial charge in [-0.2, -0.15) is 22.6 Å². The number of sulfonamides is 1. The minimum absolute atomic E-state index is 0.0420. The predicted molar refractivity (Wildman–Crippen MR) is 83.3 cm³/mol. The summed E-state index contributed by atoms with van der Waals surface area (Å²) in [5, 5.41) is 4.10. The molecule has 11 heteroatoms. The van der Waals surface area contributed by atoms with Gasteiger partial charge in [-0.3, -0.25) is 9.48 Å². The van der Waals surface area contributed by atoms with Crippen molar-refractivity contribution in [2.24, 2.45) is 7.05 Å². The molecule has 1 aliphatic heterocycles. The number of hydrogen-bond acceptors (Lipinski definition) is 4.